The summed E-state index contributed by atoms with van der Waals surface area (Å²) < 4.78 is 0. The van der Waals surface area contributed by atoms with E-state index in [1.54, 1.807) is 24.3 Å². The van der Waals surface area contributed by atoms with Crippen molar-refractivity contribution in [3.63, 3.8) is 0 Å². The smallest absolute Gasteiger partial charge is 0.237 e. The van der Waals surface area contributed by atoms with Crippen LogP contribution in [0.1, 0.15) is 29.8 Å². The Balaban J connectivity index is 2.00. The predicted molar refractivity (Wildman–Crippen MR) is 91.6 cm³/mol. The number of aryl methyl sites for hydroxylation is 1. The SMILES string of the molecule is CC(=O)c1cccc(NC(=O)[C@@H](C)Sc2ccc(C)cc2)c1. The van der Waals surface area contributed by atoms with Crippen LogP contribution in [-0.4, -0.2) is 16.9 Å². The molecule has 114 valence electrons. The van der Waals surface area contributed by atoms with Gasteiger partial charge in [-0.25, -0.2) is 0 Å². The molecule has 0 fully saturated rings. The van der Waals surface area contributed by atoms with E-state index in [4.69, 9.17) is 0 Å². The molecule has 0 saturated carbocycles. The number of nitrogens with one attached hydrogen (secondary N) is 1. The first-order valence-electron chi connectivity index (χ1n) is 7.11. The third kappa shape index (κ3) is 4.46. The highest BCUT2D eigenvalue weighted by Crippen LogP contribution is 2.24. The van der Waals surface area contributed by atoms with Gasteiger partial charge in [0.05, 0.1) is 5.25 Å². The molecule has 0 aliphatic heterocycles. The average molecular weight is 313 g/mol. The number of ketones is 1. The number of amides is 1. The quantitative estimate of drug-likeness (QED) is 0.660. The van der Waals surface area contributed by atoms with E-state index in [9.17, 15) is 9.59 Å². The fourth-order valence-corrected chi connectivity index (χ4v) is 2.80. The molecule has 0 spiro atoms. The van der Waals surface area contributed by atoms with E-state index in [1.807, 2.05) is 38.1 Å². The third-order valence-electron chi connectivity index (χ3n) is 3.24. The molecule has 0 heterocycles. The van der Waals surface area contributed by atoms with Crippen molar-refractivity contribution in [1.82, 2.24) is 0 Å². The van der Waals surface area contributed by atoms with Gasteiger partial charge in [0.15, 0.2) is 5.78 Å². The number of rotatable bonds is 5. The van der Waals surface area contributed by atoms with Crippen molar-refractivity contribution in [2.24, 2.45) is 0 Å². The van der Waals surface area contributed by atoms with Crippen molar-refractivity contribution in [3.05, 3.63) is 59.7 Å². The van der Waals surface area contributed by atoms with Crippen molar-refractivity contribution in [2.45, 2.75) is 30.9 Å². The van der Waals surface area contributed by atoms with E-state index in [2.05, 4.69) is 5.32 Å². The lowest BCUT2D eigenvalue weighted by Crippen LogP contribution is -2.22. The van der Waals surface area contributed by atoms with Crippen molar-refractivity contribution >= 4 is 29.1 Å². The van der Waals surface area contributed by atoms with Crippen LogP contribution in [0.2, 0.25) is 0 Å². The summed E-state index contributed by atoms with van der Waals surface area (Å²) in [5.74, 6) is -0.0931. The van der Waals surface area contributed by atoms with Crippen LogP contribution in [0.5, 0.6) is 0 Å². The summed E-state index contributed by atoms with van der Waals surface area (Å²) in [6.07, 6.45) is 0. The van der Waals surface area contributed by atoms with E-state index in [-0.39, 0.29) is 16.9 Å². The second-order valence-electron chi connectivity index (χ2n) is 5.20. The highest BCUT2D eigenvalue weighted by molar-refractivity contribution is 8.00. The molecule has 0 radical (unpaired) electrons. The number of Topliss-reactive ketones (excluding diaryl/α,β-unsaturated/α-hetero) is 1. The Bertz CT molecular complexity index is 680. The summed E-state index contributed by atoms with van der Waals surface area (Å²) in [5.41, 5.74) is 2.44. The lowest BCUT2D eigenvalue weighted by Gasteiger charge is -2.12. The predicted octanol–water partition coefficient (Wildman–Crippen LogP) is 4.32. The zero-order valence-corrected chi connectivity index (χ0v) is 13.7. The first kappa shape index (κ1) is 16.3. The van der Waals surface area contributed by atoms with E-state index >= 15 is 0 Å². The number of carbonyl (C=O) groups excluding carboxylic acids is 2. The average Bonchev–Trinajstić information content (AvgIpc) is 2.49. The first-order valence-corrected chi connectivity index (χ1v) is 7.99. The van der Waals surface area contributed by atoms with Crippen LogP contribution in [0.25, 0.3) is 0 Å². The number of hydrogen-bond donors (Lipinski definition) is 1. The first-order chi connectivity index (χ1) is 10.5. The summed E-state index contributed by atoms with van der Waals surface area (Å²) in [6.45, 7) is 5.41. The van der Waals surface area contributed by atoms with Gasteiger partial charge in [-0.15, -0.1) is 11.8 Å². The molecule has 1 atom stereocenters. The van der Waals surface area contributed by atoms with Gasteiger partial charge in [-0.3, -0.25) is 9.59 Å². The van der Waals surface area contributed by atoms with E-state index in [0.29, 0.717) is 11.3 Å². The van der Waals surface area contributed by atoms with Gasteiger partial charge < -0.3 is 5.32 Å². The Kier molecular flexibility index (Phi) is 5.39. The monoisotopic (exact) mass is 313 g/mol. The number of carbonyl (C=O) groups is 2. The van der Waals surface area contributed by atoms with Crippen LogP contribution in [0, 0.1) is 6.92 Å². The van der Waals surface area contributed by atoms with E-state index < -0.39 is 0 Å². The van der Waals surface area contributed by atoms with Gasteiger partial charge in [-0.1, -0.05) is 29.8 Å². The fourth-order valence-electron chi connectivity index (χ4n) is 1.93. The van der Waals surface area contributed by atoms with Crippen molar-refractivity contribution in [1.29, 1.82) is 0 Å². The van der Waals surface area contributed by atoms with Gasteiger partial charge in [-0.05, 0) is 45.0 Å². The summed E-state index contributed by atoms with van der Waals surface area (Å²) in [5, 5.41) is 2.64. The Morgan fingerprint density at radius 1 is 1.09 bits per heavy atom. The zero-order valence-electron chi connectivity index (χ0n) is 12.9. The summed E-state index contributed by atoms with van der Waals surface area (Å²) >= 11 is 1.51. The molecular weight excluding hydrogens is 294 g/mol. The fraction of sp³-hybridized carbons (Fsp3) is 0.222. The molecule has 0 aliphatic carbocycles. The van der Waals surface area contributed by atoms with Crippen molar-refractivity contribution in [3.8, 4) is 0 Å². The van der Waals surface area contributed by atoms with Gasteiger partial charge in [0, 0.05) is 16.1 Å². The minimum absolute atomic E-state index is 0.0156. The van der Waals surface area contributed by atoms with Crippen LogP contribution in [0.4, 0.5) is 5.69 Å². The molecule has 22 heavy (non-hydrogen) atoms. The molecule has 4 heteroatoms. The zero-order chi connectivity index (χ0) is 16.1. The number of benzene rings is 2. The minimum atomic E-state index is -0.219. The van der Waals surface area contributed by atoms with E-state index in [0.717, 1.165) is 4.90 Å². The maximum atomic E-state index is 12.2. The number of thioether (sulfide) groups is 1. The Morgan fingerprint density at radius 3 is 2.41 bits per heavy atom. The van der Waals surface area contributed by atoms with Gasteiger partial charge >= 0.3 is 0 Å². The molecule has 1 amide bonds. The standard InChI is InChI=1S/C18H19NO2S/c1-12-7-9-17(10-8-12)22-14(3)18(21)19-16-6-4-5-15(11-16)13(2)20/h4-11,14H,1-3H3,(H,19,21)/t14-/m1/s1. The Labute approximate surface area is 135 Å². The van der Waals surface area contributed by atoms with Crippen LogP contribution < -0.4 is 5.32 Å². The molecule has 0 bridgehead atoms. The van der Waals surface area contributed by atoms with Gasteiger partial charge in [0.1, 0.15) is 0 Å². The van der Waals surface area contributed by atoms with Crippen LogP contribution >= 0.6 is 11.8 Å². The molecule has 2 aromatic carbocycles. The van der Waals surface area contributed by atoms with Crippen molar-refractivity contribution < 1.29 is 9.59 Å². The summed E-state index contributed by atoms with van der Waals surface area (Å²) in [7, 11) is 0. The summed E-state index contributed by atoms with van der Waals surface area (Å²) in [6, 6.07) is 15.1. The van der Waals surface area contributed by atoms with Gasteiger partial charge in [0.2, 0.25) is 5.91 Å². The van der Waals surface area contributed by atoms with Gasteiger partial charge in [-0.2, -0.15) is 0 Å². The molecule has 2 rings (SSSR count). The van der Waals surface area contributed by atoms with Gasteiger partial charge in [0.25, 0.3) is 0 Å². The summed E-state index contributed by atoms with van der Waals surface area (Å²) in [4.78, 5) is 24.7. The number of hydrogen-bond acceptors (Lipinski definition) is 3. The maximum Gasteiger partial charge on any atom is 0.237 e. The molecule has 3 nitrogen and oxygen atoms in total. The minimum Gasteiger partial charge on any atom is -0.325 e. The van der Waals surface area contributed by atoms with Crippen molar-refractivity contribution in [2.75, 3.05) is 5.32 Å². The van der Waals surface area contributed by atoms with Crippen LogP contribution in [-0.2, 0) is 4.79 Å². The van der Waals surface area contributed by atoms with Crippen LogP contribution in [0.15, 0.2) is 53.4 Å². The lowest BCUT2D eigenvalue weighted by atomic mass is 10.1. The maximum absolute atomic E-state index is 12.2. The molecule has 0 aromatic heterocycles. The van der Waals surface area contributed by atoms with E-state index in [1.165, 1.54) is 24.2 Å². The normalized spacial score (nSPS) is 11.8. The van der Waals surface area contributed by atoms with Crippen LogP contribution in [0.3, 0.4) is 0 Å². The number of anilines is 1. The molecule has 0 aliphatic rings. The highest BCUT2D eigenvalue weighted by Gasteiger charge is 2.15. The molecule has 0 unspecified atom stereocenters. The highest BCUT2D eigenvalue weighted by atomic mass is 32.2. The lowest BCUT2D eigenvalue weighted by molar-refractivity contribution is -0.115. The third-order valence-corrected chi connectivity index (χ3v) is 4.35. The molecule has 2 aromatic rings. The largest absolute Gasteiger partial charge is 0.325 e. The second-order valence-corrected chi connectivity index (χ2v) is 6.61. The second kappa shape index (κ2) is 7.27. The Hall–Kier alpha value is -2.07. The molecule has 1 N–H and O–H groups in total. The molecular formula is C18H19NO2S. The Morgan fingerprint density at radius 2 is 1.77 bits per heavy atom. The molecule has 0 saturated heterocycles. The topological polar surface area (TPSA) is 46.2 Å².